The van der Waals surface area contributed by atoms with E-state index in [1.165, 1.54) is 24.5 Å². The van der Waals surface area contributed by atoms with E-state index in [4.69, 9.17) is 0 Å². The van der Waals surface area contributed by atoms with Crippen molar-refractivity contribution in [2.24, 2.45) is 0 Å². The summed E-state index contributed by atoms with van der Waals surface area (Å²) in [6.07, 6.45) is 0.985. The Kier molecular flexibility index (Phi) is 4.02. The first-order valence-electron chi connectivity index (χ1n) is 7.05. The number of hydrogen-bond acceptors (Lipinski definition) is 5. The average Bonchev–Trinajstić information content (AvgIpc) is 2.58. The number of aromatic nitrogens is 2. The maximum absolute atomic E-state index is 12.3. The molecule has 0 aliphatic heterocycles. The summed E-state index contributed by atoms with van der Waals surface area (Å²) in [5.41, 5.74) is 2.62. The van der Waals surface area contributed by atoms with Crippen LogP contribution in [-0.2, 0) is 11.2 Å². The number of benzene rings is 2. The number of nitrogens with zero attached hydrogens (tertiary/aromatic N) is 3. The third-order valence-corrected chi connectivity index (χ3v) is 3.45. The highest BCUT2D eigenvalue weighted by Gasteiger charge is 2.16. The van der Waals surface area contributed by atoms with Crippen LogP contribution >= 0.6 is 0 Å². The zero-order valence-electron chi connectivity index (χ0n) is 12.4. The Morgan fingerprint density at radius 1 is 1.17 bits per heavy atom. The van der Waals surface area contributed by atoms with Crippen LogP contribution in [-0.4, -0.2) is 20.5 Å². The lowest BCUT2D eigenvalue weighted by atomic mass is 10.1. The molecule has 8 heteroatoms. The summed E-state index contributed by atoms with van der Waals surface area (Å²) < 4.78 is 0.972. The molecule has 0 aliphatic rings. The molecule has 24 heavy (non-hydrogen) atoms. The predicted octanol–water partition coefficient (Wildman–Crippen LogP) is 1.62. The minimum Gasteiger partial charge on any atom is -0.273 e. The van der Waals surface area contributed by atoms with Crippen molar-refractivity contribution in [1.82, 2.24) is 9.66 Å². The monoisotopic (exact) mass is 324 g/mol. The summed E-state index contributed by atoms with van der Waals surface area (Å²) in [6.45, 7) is 0. The van der Waals surface area contributed by atoms with Crippen molar-refractivity contribution in [1.29, 1.82) is 0 Å². The third-order valence-electron chi connectivity index (χ3n) is 3.45. The predicted molar refractivity (Wildman–Crippen MR) is 87.2 cm³/mol. The molecule has 8 nitrogen and oxygen atoms in total. The van der Waals surface area contributed by atoms with Gasteiger partial charge in [0.2, 0.25) is 5.91 Å². The molecule has 2 aromatic carbocycles. The Labute approximate surface area is 135 Å². The molecule has 3 rings (SSSR count). The topological polar surface area (TPSA) is 107 Å². The molecule has 0 saturated carbocycles. The smallest absolute Gasteiger partial charge is 0.273 e. The van der Waals surface area contributed by atoms with Crippen LogP contribution in [0.15, 0.2) is 59.7 Å². The van der Waals surface area contributed by atoms with Gasteiger partial charge >= 0.3 is 0 Å². The van der Waals surface area contributed by atoms with E-state index in [2.05, 4.69) is 10.4 Å². The quantitative estimate of drug-likeness (QED) is 0.579. The van der Waals surface area contributed by atoms with Crippen molar-refractivity contribution in [3.05, 3.63) is 80.9 Å². The molecule has 3 aromatic rings. The van der Waals surface area contributed by atoms with Gasteiger partial charge in [0.25, 0.3) is 11.2 Å². The zero-order chi connectivity index (χ0) is 17.1. The number of amides is 1. The van der Waals surface area contributed by atoms with Crippen molar-refractivity contribution in [3.8, 4) is 0 Å². The molecule has 0 bridgehead atoms. The minimum atomic E-state index is -0.552. The van der Waals surface area contributed by atoms with Gasteiger partial charge in [-0.05, 0) is 12.1 Å². The molecule has 1 aromatic heterocycles. The number of carbonyl (C=O) groups excluding carboxylic acids is 1. The fourth-order valence-electron chi connectivity index (χ4n) is 2.33. The first-order chi connectivity index (χ1) is 11.6. The van der Waals surface area contributed by atoms with Crippen LogP contribution in [0.3, 0.4) is 0 Å². The summed E-state index contributed by atoms with van der Waals surface area (Å²) in [6, 6.07) is 12.7. The summed E-state index contributed by atoms with van der Waals surface area (Å²) in [4.78, 5) is 38.9. The summed E-state index contributed by atoms with van der Waals surface area (Å²) in [5.74, 6) is -0.552. The van der Waals surface area contributed by atoms with Crippen LogP contribution in [0.1, 0.15) is 5.56 Å². The van der Waals surface area contributed by atoms with Crippen LogP contribution < -0.4 is 11.0 Å². The zero-order valence-corrected chi connectivity index (χ0v) is 12.4. The van der Waals surface area contributed by atoms with E-state index < -0.39 is 16.4 Å². The maximum Gasteiger partial charge on any atom is 0.280 e. The molecular formula is C16H12N4O4. The van der Waals surface area contributed by atoms with Crippen molar-refractivity contribution >= 4 is 22.5 Å². The SMILES string of the molecule is O=C(Cc1ccccc1[N+](=O)[O-])Nn1cnc2ccccc2c1=O. The molecule has 0 unspecified atom stereocenters. The van der Waals surface area contributed by atoms with Crippen LogP contribution in [0.4, 0.5) is 5.69 Å². The summed E-state index contributed by atoms with van der Waals surface area (Å²) in [5, 5.41) is 11.3. The number of rotatable bonds is 4. The highest BCUT2D eigenvalue weighted by Crippen LogP contribution is 2.18. The first kappa shape index (κ1) is 15.3. The molecule has 1 amide bonds. The number of nitro groups is 1. The van der Waals surface area contributed by atoms with Crippen molar-refractivity contribution in [2.45, 2.75) is 6.42 Å². The fourth-order valence-corrected chi connectivity index (χ4v) is 2.33. The molecule has 1 N–H and O–H groups in total. The number of nitrogens with one attached hydrogen (secondary N) is 1. The first-order valence-corrected chi connectivity index (χ1v) is 7.05. The summed E-state index contributed by atoms with van der Waals surface area (Å²) >= 11 is 0. The number of hydrogen-bond donors (Lipinski definition) is 1. The summed E-state index contributed by atoms with van der Waals surface area (Å²) in [7, 11) is 0. The van der Waals surface area contributed by atoms with Crippen molar-refractivity contribution in [3.63, 3.8) is 0 Å². The standard InChI is InChI=1S/C16H12N4O4/c21-15(9-11-5-1-4-8-14(11)20(23)24)18-19-10-17-13-7-3-2-6-12(13)16(19)22/h1-8,10H,9H2,(H,18,21). The molecule has 0 radical (unpaired) electrons. The second-order valence-corrected chi connectivity index (χ2v) is 5.03. The highest BCUT2D eigenvalue weighted by molar-refractivity contribution is 5.87. The maximum atomic E-state index is 12.3. The molecule has 0 aliphatic carbocycles. The second kappa shape index (κ2) is 6.29. The van der Waals surface area contributed by atoms with Crippen LogP contribution in [0, 0.1) is 10.1 Å². The highest BCUT2D eigenvalue weighted by atomic mass is 16.6. The van der Waals surface area contributed by atoms with Gasteiger partial charge in [-0.25, -0.2) is 9.66 Å². The van der Waals surface area contributed by atoms with Crippen molar-refractivity contribution < 1.29 is 9.72 Å². The lowest BCUT2D eigenvalue weighted by molar-refractivity contribution is -0.385. The van der Waals surface area contributed by atoms with Gasteiger partial charge in [-0.15, -0.1) is 0 Å². The molecule has 1 heterocycles. The lowest BCUT2D eigenvalue weighted by Gasteiger charge is -2.08. The van der Waals surface area contributed by atoms with Crippen LogP contribution in [0.25, 0.3) is 10.9 Å². The lowest BCUT2D eigenvalue weighted by Crippen LogP contribution is -2.34. The second-order valence-electron chi connectivity index (χ2n) is 5.03. The Morgan fingerprint density at radius 2 is 1.88 bits per heavy atom. The van der Waals surface area contributed by atoms with Gasteiger partial charge in [-0.2, -0.15) is 0 Å². The van der Waals surface area contributed by atoms with E-state index in [1.54, 1.807) is 30.3 Å². The number of nitro benzene ring substituents is 1. The molecule has 0 atom stereocenters. The third kappa shape index (κ3) is 2.98. The van der Waals surface area contributed by atoms with Gasteiger partial charge in [0, 0.05) is 11.6 Å². The molecule has 120 valence electrons. The fraction of sp³-hybridized carbons (Fsp3) is 0.0625. The van der Waals surface area contributed by atoms with E-state index >= 15 is 0 Å². The van der Waals surface area contributed by atoms with Gasteiger partial charge in [0.05, 0.1) is 22.2 Å². The van der Waals surface area contributed by atoms with Gasteiger partial charge < -0.3 is 0 Å². The van der Waals surface area contributed by atoms with E-state index in [0.29, 0.717) is 10.9 Å². The van der Waals surface area contributed by atoms with Crippen molar-refractivity contribution in [2.75, 3.05) is 5.43 Å². The Bertz CT molecular complexity index is 997. The van der Waals surface area contributed by atoms with Crippen LogP contribution in [0.2, 0.25) is 0 Å². The van der Waals surface area contributed by atoms with E-state index in [0.717, 1.165) is 4.68 Å². The normalized spacial score (nSPS) is 10.5. The Morgan fingerprint density at radius 3 is 2.67 bits per heavy atom. The minimum absolute atomic E-state index is 0.142. The van der Waals surface area contributed by atoms with E-state index in [9.17, 15) is 19.7 Å². The number of para-hydroxylation sites is 2. The van der Waals surface area contributed by atoms with Crippen LogP contribution in [0.5, 0.6) is 0 Å². The van der Waals surface area contributed by atoms with E-state index in [1.807, 2.05) is 0 Å². The van der Waals surface area contributed by atoms with Gasteiger partial charge in [0.15, 0.2) is 0 Å². The van der Waals surface area contributed by atoms with Gasteiger partial charge in [-0.3, -0.25) is 25.1 Å². The van der Waals surface area contributed by atoms with E-state index in [-0.39, 0.29) is 17.7 Å². The Hall–Kier alpha value is -3.55. The molecule has 0 fully saturated rings. The number of carbonyl (C=O) groups is 1. The molecular weight excluding hydrogens is 312 g/mol. The molecule has 0 spiro atoms. The molecule has 0 saturated heterocycles. The number of fused-ring (bicyclic) bond motifs is 1. The Balaban J connectivity index is 1.85. The average molecular weight is 324 g/mol. The largest absolute Gasteiger partial charge is 0.280 e. The van der Waals surface area contributed by atoms with Gasteiger partial charge in [-0.1, -0.05) is 30.3 Å². The van der Waals surface area contributed by atoms with Gasteiger partial charge in [0.1, 0.15) is 6.33 Å².